The molecule has 1 heterocycles. The van der Waals surface area contributed by atoms with Gasteiger partial charge in [-0.15, -0.1) is 0 Å². The van der Waals surface area contributed by atoms with E-state index in [0.29, 0.717) is 5.92 Å². The van der Waals surface area contributed by atoms with Crippen LogP contribution in [0.15, 0.2) is 24.3 Å². The number of hydrogen-bond acceptors (Lipinski definition) is 2. The molecule has 3 heteroatoms. The quantitative estimate of drug-likeness (QED) is 0.897. The van der Waals surface area contributed by atoms with E-state index < -0.39 is 0 Å². The van der Waals surface area contributed by atoms with Gasteiger partial charge in [-0.3, -0.25) is 4.79 Å². The Morgan fingerprint density at radius 3 is 2.81 bits per heavy atom. The predicted octanol–water partition coefficient (Wildman–Crippen LogP) is 2.64. The Morgan fingerprint density at radius 1 is 1.24 bits per heavy atom. The molecule has 1 saturated carbocycles. The maximum atomic E-state index is 12.4. The summed E-state index contributed by atoms with van der Waals surface area (Å²) >= 11 is 0. The Balaban J connectivity index is 1.52. The van der Waals surface area contributed by atoms with Crippen LogP contribution in [0.25, 0.3) is 0 Å². The van der Waals surface area contributed by atoms with E-state index in [1.54, 1.807) is 0 Å². The minimum atomic E-state index is -0.0706. The van der Waals surface area contributed by atoms with Gasteiger partial charge in [0.2, 0.25) is 5.91 Å². The van der Waals surface area contributed by atoms with E-state index in [1.807, 2.05) is 0 Å². The standard InChI is InChI=1S/C18H26N2O/c1-13-6-2-3-8-15(13)11-20-18(21)17-10-14-7-4-5-9-16(14)12-19-17/h4-5,7,9,13,15,17,19H,2-3,6,8,10-12H2,1H3,(H,20,21)/t13?,15?,17-/m0/s1. The number of amides is 1. The lowest BCUT2D eigenvalue weighted by Crippen LogP contribution is -2.49. The first kappa shape index (κ1) is 14.6. The molecule has 1 aliphatic carbocycles. The Hall–Kier alpha value is -1.35. The van der Waals surface area contributed by atoms with Crippen LogP contribution < -0.4 is 10.6 Å². The lowest BCUT2D eigenvalue weighted by atomic mass is 9.80. The fourth-order valence-electron chi connectivity index (χ4n) is 3.69. The second-order valence-corrected chi connectivity index (χ2v) is 6.67. The molecular weight excluding hydrogens is 260 g/mol. The predicted molar refractivity (Wildman–Crippen MR) is 84.9 cm³/mol. The first-order chi connectivity index (χ1) is 10.2. The number of hydrogen-bond donors (Lipinski definition) is 2. The summed E-state index contributed by atoms with van der Waals surface area (Å²) in [6.07, 6.45) is 6.06. The summed E-state index contributed by atoms with van der Waals surface area (Å²) in [4.78, 5) is 12.4. The van der Waals surface area contributed by atoms with Crippen molar-refractivity contribution in [2.45, 2.75) is 51.6 Å². The average molecular weight is 286 g/mol. The third-order valence-electron chi connectivity index (χ3n) is 5.23. The van der Waals surface area contributed by atoms with Crippen molar-refractivity contribution in [1.29, 1.82) is 0 Å². The van der Waals surface area contributed by atoms with Crippen LogP contribution in [-0.2, 0) is 17.8 Å². The van der Waals surface area contributed by atoms with Crippen molar-refractivity contribution < 1.29 is 4.79 Å². The largest absolute Gasteiger partial charge is 0.354 e. The zero-order valence-electron chi connectivity index (χ0n) is 12.9. The van der Waals surface area contributed by atoms with Crippen molar-refractivity contribution in [2.75, 3.05) is 6.54 Å². The lowest BCUT2D eigenvalue weighted by Gasteiger charge is -2.30. The topological polar surface area (TPSA) is 41.1 Å². The van der Waals surface area contributed by atoms with Gasteiger partial charge >= 0.3 is 0 Å². The summed E-state index contributed by atoms with van der Waals surface area (Å²) < 4.78 is 0. The van der Waals surface area contributed by atoms with Gasteiger partial charge in [0.25, 0.3) is 0 Å². The van der Waals surface area contributed by atoms with Gasteiger partial charge in [-0.05, 0) is 35.8 Å². The highest BCUT2D eigenvalue weighted by Crippen LogP contribution is 2.28. The molecule has 1 amide bonds. The zero-order valence-corrected chi connectivity index (χ0v) is 12.9. The molecule has 2 unspecified atom stereocenters. The van der Waals surface area contributed by atoms with Gasteiger partial charge in [-0.2, -0.15) is 0 Å². The van der Waals surface area contributed by atoms with E-state index in [2.05, 4.69) is 41.8 Å². The van der Waals surface area contributed by atoms with Gasteiger partial charge < -0.3 is 10.6 Å². The molecule has 2 aliphatic rings. The lowest BCUT2D eigenvalue weighted by molar-refractivity contribution is -0.123. The number of nitrogens with one attached hydrogen (secondary N) is 2. The molecule has 1 aromatic rings. The number of fused-ring (bicyclic) bond motifs is 1. The second-order valence-electron chi connectivity index (χ2n) is 6.67. The van der Waals surface area contributed by atoms with Gasteiger partial charge in [0.1, 0.15) is 0 Å². The van der Waals surface area contributed by atoms with E-state index in [1.165, 1.54) is 36.8 Å². The van der Waals surface area contributed by atoms with Gasteiger partial charge in [0.05, 0.1) is 6.04 Å². The normalized spacial score (nSPS) is 28.7. The van der Waals surface area contributed by atoms with Crippen LogP contribution in [-0.4, -0.2) is 18.5 Å². The molecule has 1 aliphatic heterocycles. The number of carbonyl (C=O) groups is 1. The highest BCUT2D eigenvalue weighted by molar-refractivity contribution is 5.82. The highest BCUT2D eigenvalue weighted by Gasteiger charge is 2.26. The van der Waals surface area contributed by atoms with Crippen LogP contribution in [0, 0.1) is 11.8 Å². The van der Waals surface area contributed by atoms with E-state index in [9.17, 15) is 4.79 Å². The molecule has 3 nitrogen and oxygen atoms in total. The van der Waals surface area contributed by atoms with Crippen molar-refractivity contribution in [3.05, 3.63) is 35.4 Å². The zero-order chi connectivity index (χ0) is 14.7. The van der Waals surface area contributed by atoms with Crippen molar-refractivity contribution in [3.8, 4) is 0 Å². The Labute approximate surface area is 127 Å². The van der Waals surface area contributed by atoms with Crippen LogP contribution in [0.4, 0.5) is 0 Å². The monoisotopic (exact) mass is 286 g/mol. The summed E-state index contributed by atoms with van der Waals surface area (Å²) in [6, 6.07) is 8.33. The Morgan fingerprint density at radius 2 is 2.00 bits per heavy atom. The van der Waals surface area contributed by atoms with Gasteiger partial charge in [-0.1, -0.05) is 50.5 Å². The summed E-state index contributed by atoms with van der Waals surface area (Å²) in [5.74, 6) is 1.58. The van der Waals surface area contributed by atoms with Crippen LogP contribution in [0.3, 0.4) is 0 Å². The van der Waals surface area contributed by atoms with Crippen molar-refractivity contribution in [2.24, 2.45) is 11.8 Å². The van der Waals surface area contributed by atoms with Crippen LogP contribution in [0.2, 0.25) is 0 Å². The van der Waals surface area contributed by atoms with Crippen molar-refractivity contribution in [3.63, 3.8) is 0 Å². The Kier molecular flexibility index (Phi) is 4.59. The molecule has 1 fully saturated rings. The van der Waals surface area contributed by atoms with Crippen LogP contribution >= 0.6 is 0 Å². The molecule has 3 atom stereocenters. The van der Waals surface area contributed by atoms with Crippen molar-refractivity contribution in [1.82, 2.24) is 10.6 Å². The van der Waals surface area contributed by atoms with Crippen LogP contribution in [0.5, 0.6) is 0 Å². The summed E-state index contributed by atoms with van der Waals surface area (Å²) in [5.41, 5.74) is 2.63. The Bertz CT molecular complexity index is 500. The van der Waals surface area contributed by atoms with E-state index in [0.717, 1.165) is 25.4 Å². The van der Waals surface area contributed by atoms with Crippen LogP contribution in [0.1, 0.15) is 43.7 Å². The van der Waals surface area contributed by atoms with Gasteiger partial charge in [0, 0.05) is 13.1 Å². The summed E-state index contributed by atoms with van der Waals surface area (Å²) in [6.45, 7) is 3.97. The third-order valence-corrected chi connectivity index (χ3v) is 5.23. The summed E-state index contributed by atoms with van der Waals surface area (Å²) in [5, 5.41) is 6.54. The molecule has 114 valence electrons. The van der Waals surface area contributed by atoms with Gasteiger partial charge in [-0.25, -0.2) is 0 Å². The molecular formula is C18H26N2O. The SMILES string of the molecule is CC1CCCCC1CNC(=O)[C@@H]1Cc2ccccc2CN1. The maximum absolute atomic E-state index is 12.4. The number of carbonyl (C=O) groups excluding carboxylic acids is 1. The molecule has 21 heavy (non-hydrogen) atoms. The molecule has 0 aromatic heterocycles. The molecule has 1 aromatic carbocycles. The molecule has 2 N–H and O–H groups in total. The van der Waals surface area contributed by atoms with E-state index >= 15 is 0 Å². The fraction of sp³-hybridized carbons (Fsp3) is 0.611. The number of benzene rings is 1. The third kappa shape index (κ3) is 3.46. The first-order valence-electron chi connectivity index (χ1n) is 8.32. The smallest absolute Gasteiger partial charge is 0.237 e. The maximum Gasteiger partial charge on any atom is 0.237 e. The molecule has 0 spiro atoms. The minimum absolute atomic E-state index is 0.0706. The van der Waals surface area contributed by atoms with Crippen molar-refractivity contribution >= 4 is 5.91 Å². The summed E-state index contributed by atoms with van der Waals surface area (Å²) in [7, 11) is 0. The first-order valence-corrected chi connectivity index (χ1v) is 8.32. The van der Waals surface area contributed by atoms with E-state index in [-0.39, 0.29) is 11.9 Å². The molecule has 3 rings (SSSR count). The molecule has 0 saturated heterocycles. The highest BCUT2D eigenvalue weighted by atomic mass is 16.2. The fourth-order valence-corrected chi connectivity index (χ4v) is 3.69. The van der Waals surface area contributed by atoms with E-state index in [4.69, 9.17) is 0 Å². The molecule has 0 bridgehead atoms. The van der Waals surface area contributed by atoms with Gasteiger partial charge in [0.15, 0.2) is 0 Å². The second kappa shape index (κ2) is 6.61. The minimum Gasteiger partial charge on any atom is -0.354 e. The number of rotatable bonds is 3. The average Bonchev–Trinajstić information content (AvgIpc) is 2.53. The molecule has 0 radical (unpaired) electrons.